The zero-order chi connectivity index (χ0) is 25.3. The van der Waals surface area contributed by atoms with E-state index in [1.165, 1.54) is 44.5 Å². The van der Waals surface area contributed by atoms with E-state index in [2.05, 4.69) is 53.4 Å². The van der Waals surface area contributed by atoms with Gasteiger partial charge in [-0.15, -0.1) is 0 Å². The van der Waals surface area contributed by atoms with Crippen LogP contribution >= 0.6 is 0 Å². The van der Waals surface area contributed by atoms with E-state index in [9.17, 15) is 9.59 Å². The number of carbonyl (C=O) groups is 2. The fourth-order valence-corrected chi connectivity index (χ4v) is 7.07. The summed E-state index contributed by atoms with van der Waals surface area (Å²) >= 11 is 0. The van der Waals surface area contributed by atoms with Gasteiger partial charge in [0.05, 0.1) is 0 Å². The minimum atomic E-state index is -0.0806. The zero-order valence-electron chi connectivity index (χ0n) is 22.2. The predicted octanol–water partition coefficient (Wildman–Crippen LogP) is 5.23. The monoisotopic (exact) mass is 487 g/mol. The van der Waals surface area contributed by atoms with Gasteiger partial charge in [0.25, 0.3) is 5.91 Å². The minimum absolute atomic E-state index is 0.0806. The van der Waals surface area contributed by atoms with E-state index in [0.29, 0.717) is 24.4 Å². The quantitative estimate of drug-likeness (QED) is 0.594. The Morgan fingerprint density at radius 1 is 1.14 bits per heavy atom. The number of Topliss-reactive ketones (excluding diaryl/α,β-unsaturated/α-hetero) is 1. The molecule has 1 aromatic carbocycles. The molecule has 0 aromatic heterocycles. The first-order valence-corrected chi connectivity index (χ1v) is 13.8. The van der Waals surface area contributed by atoms with Crippen molar-refractivity contribution in [3.63, 3.8) is 0 Å². The lowest BCUT2D eigenvalue weighted by Crippen LogP contribution is -2.57. The first-order valence-electron chi connectivity index (χ1n) is 13.8. The number of allylic oxidation sites excluding steroid dienone is 5. The lowest BCUT2D eigenvalue weighted by atomic mass is 9.67. The van der Waals surface area contributed by atoms with Crippen LogP contribution in [0.3, 0.4) is 0 Å². The average molecular weight is 488 g/mol. The summed E-state index contributed by atoms with van der Waals surface area (Å²) in [6.07, 6.45) is 14.6. The topological polar surface area (TPSA) is 52.7 Å². The third-order valence-electron chi connectivity index (χ3n) is 8.79. The number of ketones is 1. The van der Waals surface area contributed by atoms with E-state index in [1.807, 2.05) is 19.1 Å². The molecule has 1 amide bonds. The molecule has 2 aliphatic carbocycles. The van der Waals surface area contributed by atoms with Gasteiger partial charge in [0.1, 0.15) is 0 Å². The van der Waals surface area contributed by atoms with E-state index < -0.39 is 0 Å². The van der Waals surface area contributed by atoms with Crippen molar-refractivity contribution in [1.29, 1.82) is 0 Å². The third-order valence-corrected chi connectivity index (χ3v) is 8.79. The van der Waals surface area contributed by atoms with Crippen molar-refractivity contribution in [2.45, 2.75) is 71.3 Å². The number of fused-ring (bicyclic) bond motifs is 1. The Morgan fingerprint density at radius 2 is 1.92 bits per heavy atom. The Kier molecular flexibility index (Phi) is 7.21. The Labute approximate surface area is 216 Å². The maximum atomic E-state index is 13.5. The molecule has 0 atom stereocenters. The number of amides is 1. The molecule has 192 valence electrons. The maximum absolute atomic E-state index is 13.5. The van der Waals surface area contributed by atoms with Crippen molar-refractivity contribution in [3.05, 3.63) is 64.3 Å². The molecule has 5 nitrogen and oxygen atoms in total. The van der Waals surface area contributed by atoms with Gasteiger partial charge >= 0.3 is 0 Å². The highest BCUT2D eigenvalue weighted by atomic mass is 16.2. The van der Waals surface area contributed by atoms with Crippen LogP contribution in [0.1, 0.15) is 74.7 Å². The van der Waals surface area contributed by atoms with Crippen LogP contribution in [0.2, 0.25) is 0 Å². The average Bonchev–Trinajstić information content (AvgIpc) is 2.83. The largest absolute Gasteiger partial charge is 0.369 e. The second kappa shape index (κ2) is 10.4. The fraction of sp³-hybridized carbons (Fsp3) is 0.548. The maximum Gasteiger partial charge on any atom is 0.251 e. The number of rotatable bonds is 3. The van der Waals surface area contributed by atoms with E-state index in [-0.39, 0.29) is 11.7 Å². The predicted molar refractivity (Wildman–Crippen MR) is 146 cm³/mol. The molecule has 0 radical (unpaired) electrons. The van der Waals surface area contributed by atoms with Crippen LogP contribution in [-0.2, 0) is 11.2 Å². The summed E-state index contributed by atoms with van der Waals surface area (Å²) in [5, 5.41) is 3.10. The van der Waals surface area contributed by atoms with Crippen LogP contribution in [0.5, 0.6) is 0 Å². The highest BCUT2D eigenvalue weighted by Gasteiger charge is 2.44. The molecule has 2 aliphatic heterocycles. The molecular weight excluding hydrogens is 446 g/mol. The second-order valence-corrected chi connectivity index (χ2v) is 11.5. The molecule has 1 aromatic rings. The van der Waals surface area contributed by atoms with Crippen LogP contribution in [0, 0.1) is 5.41 Å². The molecule has 36 heavy (non-hydrogen) atoms. The molecule has 1 spiro atoms. The number of carbonyl (C=O) groups excluding carboxylic acids is 2. The lowest BCUT2D eigenvalue weighted by Gasteiger charge is -2.53. The number of hydrogen-bond donors (Lipinski definition) is 1. The number of nitrogens with zero attached hydrogens (tertiary/aromatic N) is 2. The first-order chi connectivity index (χ1) is 17.4. The number of nitrogens with one attached hydrogen (secondary N) is 1. The van der Waals surface area contributed by atoms with Crippen molar-refractivity contribution >= 4 is 17.4 Å². The SMILES string of the molecule is CCN(c1cccc2c1C/C=C/CCC1=C(CNC2=O)C(=O)CC(C)=C1)C1CCC2(CC1)CN(C)C2. The van der Waals surface area contributed by atoms with Gasteiger partial charge in [0.2, 0.25) is 0 Å². The summed E-state index contributed by atoms with van der Waals surface area (Å²) in [6.45, 7) is 7.99. The zero-order valence-corrected chi connectivity index (χ0v) is 22.2. The fourth-order valence-electron chi connectivity index (χ4n) is 7.07. The van der Waals surface area contributed by atoms with Gasteiger partial charge in [0.15, 0.2) is 5.78 Å². The van der Waals surface area contributed by atoms with Crippen LogP contribution < -0.4 is 10.2 Å². The molecule has 2 heterocycles. The highest BCUT2D eigenvalue weighted by molar-refractivity contribution is 6.02. The van der Waals surface area contributed by atoms with Crippen LogP contribution in [0.15, 0.2) is 53.1 Å². The molecule has 1 saturated carbocycles. The number of hydrogen-bond acceptors (Lipinski definition) is 4. The van der Waals surface area contributed by atoms with E-state index in [4.69, 9.17) is 0 Å². The molecule has 0 bridgehead atoms. The summed E-state index contributed by atoms with van der Waals surface area (Å²) in [4.78, 5) is 31.2. The molecule has 5 heteroatoms. The molecular formula is C31H41N3O2. The van der Waals surface area contributed by atoms with Crippen molar-refractivity contribution in [1.82, 2.24) is 10.2 Å². The summed E-state index contributed by atoms with van der Waals surface area (Å²) in [5.74, 6) is 0.0631. The molecule has 2 fully saturated rings. The van der Waals surface area contributed by atoms with Gasteiger partial charge in [-0.2, -0.15) is 0 Å². The Morgan fingerprint density at radius 3 is 2.64 bits per heavy atom. The van der Waals surface area contributed by atoms with Crippen molar-refractivity contribution < 1.29 is 9.59 Å². The summed E-state index contributed by atoms with van der Waals surface area (Å²) in [6, 6.07) is 6.70. The van der Waals surface area contributed by atoms with E-state index in [1.54, 1.807) is 0 Å². The van der Waals surface area contributed by atoms with Crippen molar-refractivity contribution in [2.24, 2.45) is 5.41 Å². The Balaban J connectivity index is 1.41. The van der Waals surface area contributed by atoms with Gasteiger partial charge < -0.3 is 15.1 Å². The lowest BCUT2D eigenvalue weighted by molar-refractivity contribution is -0.115. The molecule has 4 aliphatic rings. The molecule has 1 N–H and O–H groups in total. The minimum Gasteiger partial charge on any atom is -0.369 e. The Hall–Kier alpha value is -2.66. The summed E-state index contributed by atoms with van der Waals surface area (Å²) in [5.41, 5.74) is 6.54. The number of anilines is 1. The van der Waals surface area contributed by atoms with Gasteiger partial charge in [-0.05, 0) is 94.5 Å². The van der Waals surface area contributed by atoms with Gasteiger partial charge in [-0.3, -0.25) is 9.59 Å². The summed E-state index contributed by atoms with van der Waals surface area (Å²) in [7, 11) is 2.23. The number of likely N-dealkylation sites (tertiary alicyclic amines) is 1. The Bertz CT molecular complexity index is 1110. The van der Waals surface area contributed by atoms with Crippen molar-refractivity contribution in [3.8, 4) is 0 Å². The first kappa shape index (κ1) is 25.0. The molecule has 5 rings (SSSR count). The van der Waals surface area contributed by atoms with Crippen molar-refractivity contribution in [2.75, 3.05) is 38.1 Å². The molecule has 0 unspecified atom stereocenters. The second-order valence-electron chi connectivity index (χ2n) is 11.5. The van der Waals surface area contributed by atoms with Crippen LogP contribution in [0.25, 0.3) is 0 Å². The van der Waals surface area contributed by atoms with E-state index in [0.717, 1.165) is 53.7 Å². The van der Waals surface area contributed by atoms with Crippen LogP contribution in [0.4, 0.5) is 5.69 Å². The van der Waals surface area contributed by atoms with Crippen LogP contribution in [-0.4, -0.2) is 55.9 Å². The molecule has 1 saturated heterocycles. The van der Waals surface area contributed by atoms with Gasteiger partial charge in [-0.1, -0.05) is 29.9 Å². The smallest absolute Gasteiger partial charge is 0.251 e. The van der Waals surface area contributed by atoms with E-state index >= 15 is 0 Å². The van der Waals surface area contributed by atoms with Gasteiger partial charge in [-0.25, -0.2) is 0 Å². The normalized spacial score (nSPS) is 24.0. The number of benzene rings is 1. The summed E-state index contributed by atoms with van der Waals surface area (Å²) < 4.78 is 0. The third kappa shape index (κ3) is 4.95. The standard InChI is InChI=1S/C31H41N3O2/c1-4-34(24-13-15-31(16-14-24)20-33(3)21-31)28-12-8-11-26-25(28)10-7-5-6-9-23-17-22(2)18-29(35)27(23)19-32-30(26)36/h5,7-8,11-12,17,24H,4,6,9-10,13-16,18-21H2,1-3H3,(H,32,36)/b7-5+. The highest BCUT2D eigenvalue weighted by Crippen LogP contribution is 2.45. The van der Waals surface area contributed by atoms with Gasteiger partial charge in [0, 0.05) is 55.5 Å².